The number of nitrogens with two attached hydrogens (primary N) is 1. The van der Waals surface area contributed by atoms with E-state index in [1.54, 1.807) is 19.1 Å². The molecule has 1 heterocycles. The molecule has 1 aromatic carbocycles. The highest BCUT2D eigenvalue weighted by atomic mass is 19.1. The Labute approximate surface area is 118 Å². The van der Waals surface area contributed by atoms with E-state index >= 15 is 0 Å². The highest BCUT2D eigenvalue weighted by Crippen LogP contribution is 2.34. The number of aliphatic hydroxyl groups excluding tert-OH is 1. The van der Waals surface area contributed by atoms with Gasteiger partial charge in [-0.25, -0.2) is 4.39 Å². The summed E-state index contributed by atoms with van der Waals surface area (Å²) >= 11 is 0. The molecule has 2 unspecified atom stereocenters. The number of hydrogen-bond donors (Lipinski definition) is 2. The number of primary amides is 1. The van der Waals surface area contributed by atoms with Crippen molar-refractivity contribution in [3.05, 3.63) is 29.6 Å². The van der Waals surface area contributed by atoms with Gasteiger partial charge in [0.25, 0.3) is 0 Å². The standard InChI is InChI=1S/C15H21FN2O2/c1-9-6-7-11(15(17)20)8-18(9)13-5-3-4-12(16)14(13)10(2)19/h3-5,9-11,19H,6-8H2,1-2H3,(H2,17,20)/t9?,10-,11?/m1/s1. The lowest BCUT2D eigenvalue weighted by Crippen LogP contribution is -2.46. The highest BCUT2D eigenvalue weighted by molar-refractivity contribution is 5.78. The Balaban J connectivity index is 2.38. The van der Waals surface area contributed by atoms with Crippen molar-refractivity contribution in [2.24, 2.45) is 11.7 Å². The molecule has 0 spiro atoms. The third kappa shape index (κ3) is 2.77. The zero-order chi connectivity index (χ0) is 14.9. The average Bonchev–Trinajstić information content (AvgIpc) is 2.38. The number of halogens is 1. The number of nitrogens with zero attached hydrogens (tertiary/aromatic N) is 1. The third-order valence-corrected chi connectivity index (χ3v) is 4.04. The fraction of sp³-hybridized carbons (Fsp3) is 0.533. The molecule has 0 bridgehead atoms. The molecule has 1 aliphatic rings. The molecule has 0 aromatic heterocycles. The van der Waals surface area contributed by atoms with Crippen LogP contribution < -0.4 is 10.6 Å². The van der Waals surface area contributed by atoms with Crippen molar-refractivity contribution in [3.63, 3.8) is 0 Å². The summed E-state index contributed by atoms with van der Waals surface area (Å²) in [7, 11) is 0. The summed E-state index contributed by atoms with van der Waals surface area (Å²) in [6.45, 7) is 4.05. The maximum absolute atomic E-state index is 14.0. The summed E-state index contributed by atoms with van der Waals surface area (Å²) in [5.74, 6) is -0.973. The molecule has 0 aliphatic carbocycles. The van der Waals surface area contributed by atoms with Crippen molar-refractivity contribution < 1.29 is 14.3 Å². The Kier molecular flexibility index (Phi) is 4.28. The van der Waals surface area contributed by atoms with E-state index < -0.39 is 11.9 Å². The summed E-state index contributed by atoms with van der Waals surface area (Å²) in [5, 5.41) is 9.82. The number of piperidine rings is 1. The Bertz CT molecular complexity index is 505. The van der Waals surface area contributed by atoms with Crippen molar-refractivity contribution in [1.82, 2.24) is 0 Å². The van der Waals surface area contributed by atoms with Crippen molar-refractivity contribution in [2.75, 3.05) is 11.4 Å². The van der Waals surface area contributed by atoms with Crippen molar-refractivity contribution in [3.8, 4) is 0 Å². The van der Waals surface area contributed by atoms with Gasteiger partial charge in [-0.3, -0.25) is 4.79 Å². The number of anilines is 1. The molecule has 4 nitrogen and oxygen atoms in total. The first-order valence-electron chi connectivity index (χ1n) is 6.94. The van der Waals surface area contributed by atoms with Crippen molar-refractivity contribution >= 4 is 11.6 Å². The fourth-order valence-corrected chi connectivity index (χ4v) is 2.86. The van der Waals surface area contributed by atoms with Gasteiger partial charge in [0.15, 0.2) is 0 Å². The quantitative estimate of drug-likeness (QED) is 0.889. The third-order valence-electron chi connectivity index (χ3n) is 4.04. The maximum Gasteiger partial charge on any atom is 0.222 e. The van der Waals surface area contributed by atoms with E-state index in [0.29, 0.717) is 12.2 Å². The molecular weight excluding hydrogens is 259 g/mol. The van der Waals surface area contributed by atoms with Gasteiger partial charge in [-0.15, -0.1) is 0 Å². The van der Waals surface area contributed by atoms with E-state index in [-0.39, 0.29) is 23.4 Å². The van der Waals surface area contributed by atoms with Gasteiger partial charge in [-0.1, -0.05) is 6.07 Å². The summed E-state index contributed by atoms with van der Waals surface area (Å²) in [4.78, 5) is 13.4. The zero-order valence-electron chi connectivity index (χ0n) is 11.8. The van der Waals surface area contributed by atoms with E-state index in [2.05, 4.69) is 0 Å². The fourth-order valence-electron chi connectivity index (χ4n) is 2.86. The van der Waals surface area contributed by atoms with Crippen LogP contribution in [0.15, 0.2) is 18.2 Å². The molecule has 3 N–H and O–H groups in total. The average molecular weight is 280 g/mol. The highest BCUT2D eigenvalue weighted by Gasteiger charge is 2.31. The summed E-state index contributed by atoms with van der Waals surface area (Å²) in [6, 6.07) is 4.93. The largest absolute Gasteiger partial charge is 0.389 e. The van der Waals surface area contributed by atoms with Crippen LogP contribution in [0, 0.1) is 11.7 Å². The molecule has 20 heavy (non-hydrogen) atoms. The molecule has 2 rings (SSSR count). The van der Waals surface area contributed by atoms with Gasteiger partial charge >= 0.3 is 0 Å². The number of carbonyl (C=O) groups excluding carboxylic acids is 1. The molecular formula is C15H21FN2O2. The molecule has 5 heteroatoms. The monoisotopic (exact) mass is 280 g/mol. The molecule has 1 amide bonds. The van der Waals surface area contributed by atoms with Crippen LogP contribution >= 0.6 is 0 Å². The summed E-state index contributed by atoms with van der Waals surface area (Å²) in [6.07, 6.45) is 0.683. The lowest BCUT2D eigenvalue weighted by Gasteiger charge is -2.40. The maximum atomic E-state index is 14.0. The number of hydrogen-bond acceptors (Lipinski definition) is 3. The predicted octanol–water partition coefficient (Wildman–Crippen LogP) is 1.97. The van der Waals surface area contributed by atoms with E-state index in [1.165, 1.54) is 6.07 Å². The SMILES string of the molecule is CC1CCC(C(N)=O)CN1c1cccc(F)c1[C@@H](C)O. The van der Waals surface area contributed by atoms with E-state index in [9.17, 15) is 14.3 Å². The van der Waals surface area contributed by atoms with E-state index in [1.807, 2.05) is 11.8 Å². The lowest BCUT2D eigenvalue weighted by atomic mass is 9.91. The Morgan fingerprint density at radius 2 is 2.20 bits per heavy atom. The van der Waals surface area contributed by atoms with Crippen LogP contribution in [0.4, 0.5) is 10.1 Å². The number of rotatable bonds is 3. The summed E-state index contributed by atoms with van der Waals surface area (Å²) in [5.41, 5.74) is 6.32. The van der Waals surface area contributed by atoms with E-state index in [4.69, 9.17) is 5.73 Å². The van der Waals surface area contributed by atoms with Gasteiger partial charge in [0, 0.05) is 23.8 Å². The number of benzene rings is 1. The van der Waals surface area contributed by atoms with Crippen LogP contribution in [0.3, 0.4) is 0 Å². The minimum Gasteiger partial charge on any atom is -0.389 e. The van der Waals surface area contributed by atoms with Crippen molar-refractivity contribution in [1.29, 1.82) is 0 Å². The Morgan fingerprint density at radius 1 is 1.50 bits per heavy atom. The van der Waals surface area contributed by atoms with Gasteiger partial charge in [0.05, 0.1) is 12.0 Å². The first-order valence-corrected chi connectivity index (χ1v) is 6.94. The van der Waals surface area contributed by atoms with Crippen LogP contribution in [0.5, 0.6) is 0 Å². The first-order chi connectivity index (χ1) is 9.41. The molecule has 1 aliphatic heterocycles. The Morgan fingerprint density at radius 3 is 2.80 bits per heavy atom. The van der Waals surface area contributed by atoms with Gasteiger partial charge in [-0.2, -0.15) is 0 Å². The van der Waals surface area contributed by atoms with Gasteiger partial charge in [0.2, 0.25) is 5.91 Å². The molecule has 1 fully saturated rings. The zero-order valence-corrected chi connectivity index (χ0v) is 11.8. The minimum atomic E-state index is -0.896. The van der Waals surface area contributed by atoms with Crippen LogP contribution in [-0.2, 0) is 4.79 Å². The van der Waals surface area contributed by atoms with Gasteiger partial charge in [0.1, 0.15) is 5.82 Å². The second kappa shape index (κ2) is 5.79. The first kappa shape index (κ1) is 14.8. The lowest BCUT2D eigenvalue weighted by molar-refractivity contribution is -0.122. The molecule has 3 atom stereocenters. The Hall–Kier alpha value is -1.62. The van der Waals surface area contributed by atoms with Gasteiger partial charge in [-0.05, 0) is 38.8 Å². The van der Waals surface area contributed by atoms with Crippen LogP contribution in [0.2, 0.25) is 0 Å². The topological polar surface area (TPSA) is 66.6 Å². The molecule has 0 saturated carbocycles. The summed E-state index contributed by atoms with van der Waals surface area (Å²) < 4.78 is 14.0. The molecule has 1 aromatic rings. The second-order valence-electron chi connectivity index (χ2n) is 5.53. The molecule has 110 valence electrons. The number of amides is 1. The molecule has 1 saturated heterocycles. The minimum absolute atomic E-state index is 0.185. The van der Waals surface area contributed by atoms with Crippen LogP contribution in [0.1, 0.15) is 38.4 Å². The van der Waals surface area contributed by atoms with Crippen LogP contribution in [0.25, 0.3) is 0 Å². The normalized spacial score (nSPS) is 24.5. The molecule has 0 radical (unpaired) electrons. The van der Waals surface area contributed by atoms with Crippen LogP contribution in [-0.4, -0.2) is 23.6 Å². The number of carbonyl (C=O) groups is 1. The van der Waals surface area contributed by atoms with Gasteiger partial charge < -0.3 is 15.7 Å². The van der Waals surface area contributed by atoms with E-state index in [0.717, 1.165) is 12.8 Å². The second-order valence-corrected chi connectivity index (χ2v) is 5.53. The predicted molar refractivity (Wildman–Crippen MR) is 75.8 cm³/mol. The smallest absolute Gasteiger partial charge is 0.222 e. The van der Waals surface area contributed by atoms with Crippen molar-refractivity contribution in [2.45, 2.75) is 38.8 Å². The number of aliphatic hydroxyl groups is 1.